The highest BCUT2D eigenvalue weighted by Gasteiger charge is 2.14. The third-order valence-corrected chi connectivity index (χ3v) is 4.96. The molecule has 0 radical (unpaired) electrons. The number of primary amides is 1. The molecule has 138 valence electrons. The summed E-state index contributed by atoms with van der Waals surface area (Å²) >= 11 is 0. The third-order valence-electron chi connectivity index (χ3n) is 4.96. The number of rotatable bonds is 18. The Labute approximate surface area is 146 Å². The molecular weight excluding hydrogens is 282 g/mol. The highest BCUT2D eigenvalue weighted by molar-refractivity contribution is 5.76. The summed E-state index contributed by atoms with van der Waals surface area (Å²) in [6.07, 6.45) is 21.9. The minimum absolute atomic E-state index is 0.0754. The molecule has 0 bridgehead atoms. The van der Waals surface area contributed by atoms with E-state index in [1.54, 1.807) is 0 Å². The number of unbranched alkanes of at least 4 members (excludes halogenated alkanes) is 13. The SMILES string of the molecule is CCCCCCCCCCCCCC(CCCCCC)C(N)=O. The predicted octanol–water partition coefficient (Wildman–Crippen LogP) is 6.76. The Morgan fingerprint density at radius 1 is 0.609 bits per heavy atom. The largest absolute Gasteiger partial charge is 0.369 e. The maximum absolute atomic E-state index is 11.5. The van der Waals surface area contributed by atoms with Crippen LogP contribution in [0.25, 0.3) is 0 Å². The third kappa shape index (κ3) is 16.1. The van der Waals surface area contributed by atoms with E-state index in [2.05, 4.69) is 13.8 Å². The van der Waals surface area contributed by atoms with Crippen molar-refractivity contribution in [2.24, 2.45) is 11.7 Å². The molecule has 1 unspecified atom stereocenters. The van der Waals surface area contributed by atoms with Crippen molar-refractivity contribution < 1.29 is 4.79 Å². The summed E-state index contributed by atoms with van der Waals surface area (Å²) < 4.78 is 0. The lowest BCUT2D eigenvalue weighted by Crippen LogP contribution is -2.23. The van der Waals surface area contributed by atoms with Gasteiger partial charge in [0.2, 0.25) is 5.91 Å². The van der Waals surface area contributed by atoms with Gasteiger partial charge in [-0.1, -0.05) is 110 Å². The van der Waals surface area contributed by atoms with E-state index in [-0.39, 0.29) is 11.8 Å². The molecular formula is C21H43NO. The molecule has 0 aliphatic heterocycles. The fourth-order valence-corrected chi connectivity index (χ4v) is 3.30. The Morgan fingerprint density at radius 2 is 0.913 bits per heavy atom. The summed E-state index contributed by atoms with van der Waals surface area (Å²) in [6, 6.07) is 0. The van der Waals surface area contributed by atoms with Gasteiger partial charge in [0.1, 0.15) is 0 Å². The fourth-order valence-electron chi connectivity index (χ4n) is 3.30. The van der Waals surface area contributed by atoms with Crippen LogP contribution in [0.15, 0.2) is 0 Å². The van der Waals surface area contributed by atoms with E-state index in [1.807, 2.05) is 0 Å². The van der Waals surface area contributed by atoms with Gasteiger partial charge in [0, 0.05) is 5.92 Å². The van der Waals surface area contributed by atoms with Crippen LogP contribution in [0.2, 0.25) is 0 Å². The molecule has 0 heterocycles. The maximum Gasteiger partial charge on any atom is 0.220 e. The Bertz CT molecular complexity index is 252. The van der Waals surface area contributed by atoms with Gasteiger partial charge in [-0.15, -0.1) is 0 Å². The molecule has 1 amide bonds. The van der Waals surface area contributed by atoms with Crippen molar-refractivity contribution in [2.45, 2.75) is 123 Å². The van der Waals surface area contributed by atoms with Crippen molar-refractivity contribution in [3.8, 4) is 0 Å². The van der Waals surface area contributed by atoms with Crippen LogP contribution in [0.4, 0.5) is 0 Å². The highest BCUT2D eigenvalue weighted by atomic mass is 16.1. The normalized spacial score (nSPS) is 12.4. The fraction of sp³-hybridized carbons (Fsp3) is 0.952. The van der Waals surface area contributed by atoms with Crippen molar-refractivity contribution in [1.29, 1.82) is 0 Å². The average Bonchev–Trinajstić information content (AvgIpc) is 2.54. The minimum Gasteiger partial charge on any atom is -0.369 e. The quantitative estimate of drug-likeness (QED) is 0.278. The zero-order valence-electron chi connectivity index (χ0n) is 16.1. The molecule has 2 heteroatoms. The van der Waals surface area contributed by atoms with E-state index in [0.29, 0.717) is 0 Å². The summed E-state index contributed by atoms with van der Waals surface area (Å²) in [4.78, 5) is 11.5. The van der Waals surface area contributed by atoms with Crippen molar-refractivity contribution in [2.75, 3.05) is 0 Å². The van der Waals surface area contributed by atoms with Gasteiger partial charge < -0.3 is 5.73 Å². The molecule has 2 nitrogen and oxygen atoms in total. The highest BCUT2D eigenvalue weighted by Crippen LogP contribution is 2.19. The minimum atomic E-state index is -0.0754. The number of carbonyl (C=O) groups excluding carboxylic acids is 1. The number of carbonyl (C=O) groups is 1. The molecule has 1 atom stereocenters. The van der Waals surface area contributed by atoms with Gasteiger partial charge in [0.15, 0.2) is 0 Å². The second-order valence-electron chi connectivity index (χ2n) is 7.27. The molecule has 0 fully saturated rings. The lowest BCUT2D eigenvalue weighted by atomic mass is 9.94. The summed E-state index contributed by atoms with van der Waals surface area (Å²) in [5.74, 6) is 0.0546. The number of amides is 1. The van der Waals surface area contributed by atoms with Gasteiger partial charge >= 0.3 is 0 Å². The molecule has 0 aliphatic rings. The van der Waals surface area contributed by atoms with Crippen molar-refractivity contribution in [1.82, 2.24) is 0 Å². The summed E-state index contributed by atoms with van der Waals surface area (Å²) in [5.41, 5.74) is 5.54. The summed E-state index contributed by atoms with van der Waals surface area (Å²) in [5, 5.41) is 0. The lowest BCUT2D eigenvalue weighted by Gasteiger charge is -2.13. The Balaban J connectivity index is 3.40. The first-order valence-electron chi connectivity index (χ1n) is 10.5. The Hall–Kier alpha value is -0.530. The van der Waals surface area contributed by atoms with Crippen molar-refractivity contribution >= 4 is 5.91 Å². The molecule has 0 spiro atoms. The van der Waals surface area contributed by atoms with Crippen LogP contribution in [-0.4, -0.2) is 5.91 Å². The van der Waals surface area contributed by atoms with E-state index in [4.69, 9.17) is 5.73 Å². The first kappa shape index (κ1) is 22.5. The van der Waals surface area contributed by atoms with Crippen LogP contribution in [0.1, 0.15) is 123 Å². The molecule has 0 saturated heterocycles. The number of hydrogen-bond donors (Lipinski definition) is 1. The summed E-state index contributed by atoms with van der Waals surface area (Å²) in [6.45, 7) is 4.49. The van der Waals surface area contributed by atoms with Gasteiger partial charge in [-0.2, -0.15) is 0 Å². The molecule has 0 saturated carbocycles. The van der Waals surface area contributed by atoms with Gasteiger partial charge in [-0.05, 0) is 12.8 Å². The lowest BCUT2D eigenvalue weighted by molar-refractivity contribution is -0.122. The predicted molar refractivity (Wildman–Crippen MR) is 103 cm³/mol. The first-order chi connectivity index (χ1) is 11.2. The van der Waals surface area contributed by atoms with Gasteiger partial charge in [0.25, 0.3) is 0 Å². The molecule has 0 aromatic rings. The zero-order valence-corrected chi connectivity index (χ0v) is 16.1. The van der Waals surface area contributed by atoms with Crippen LogP contribution in [-0.2, 0) is 4.79 Å². The van der Waals surface area contributed by atoms with Crippen LogP contribution >= 0.6 is 0 Å². The second-order valence-corrected chi connectivity index (χ2v) is 7.27. The first-order valence-corrected chi connectivity index (χ1v) is 10.5. The molecule has 0 aromatic heterocycles. The maximum atomic E-state index is 11.5. The standard InChI is InChI=1S/C21H43NO/c1-3-5-7-9-10-11-12-13-14-15-17-19-20(21(22)23)18-16-8-6-4-2/h20H,3-19H2,1-2H3,(H2,22,23). The van der Waals surface area contributed by atoms with Crippen molar-refractivity contribution in [3.63, 3.8) is 0 Å². The Morgan fingerprint density at radius 3 is 1.26 bits per heavy atom. The second kappa shape index (κ2) is 17.8. The molecule has 23 heavy (non-hydrogen) atoms. The number of nitrogens with two attached hydrogens (primary N) is 1. The van der Waals surface area contributed by atoms with Gasteiger partial charge in [0.05, 0.1) is 0 Å². The van der Waals surface area contributed by atoms with Gasteiger partial charge in [-0.3, -0.25) is 4.79 Å². The average molecular weight is 326 g/mol. The molecule has 2 N–H and O–H groups in total. The van der Waals surface area contributed by atoms with E-state index < -0.39 is 0 Å². The summed E-state index contributed by atoms with van der Waals surface area (Å²) in [7, 11) is 0. The molecule has 0 rings (SSSR count). The van der Waals surface area contributed by atoms with Crippen LogP contribution in [0.3, 0.4) is 0 Å². The van der Waals surface area contributed by atoms with Crippen LogP contribution in [0, 0.1) is 5.92 Å². The zero-order chi connectivity index (χ0) is 17.2. The smallest absolute Gasteiger partial charge is 0.220 e. The Kier molecular flexibility index (Phi) is 17.4. The van der Waals surface area contributed by atoms with Crippen molar-refractivity contribution in [3.05, 3.63) is 0 Å². The number of hydrogen-bond acceptors (Lipinski definition) is 1. The van der Waals surface area contributed by atoms with E-state index in [9.17, 15) is 4.79 Å². The molecule has 0 aromatic carbocycles. The van der Waals surface area contributed by atoms with E-state index in [1.165, 1.54) is 96.3 Å². The van der Waals surface area contributed by atoms with Gasteiger partial charge in [-0.25, -0.2) is 0 Å². The molecule has 0 aliphatic carbocycles. The van der Waals surface area contributed by atoms with E-state index in [0.717, 1.165) is 12.8 Å². The van der Waals surface area contributed by atoms with Crippen LogP contribution in [0.5, 0.6) is 0 Å². The van der Waals surface area contributed by atoms with Crippen LogP contribution < -0.4 is 5.73 Å². The monoisotopic (exact) mass is 325 g/mol. The topological polar surface area (TPSA) is 43.1 Å². The van der Waals surface area contributed by atoms with E-state index >= 15 is 0 Å².